The number of carbonyl (C=O) groups excluding carboxylic acids is 1. The molecule has 2 aromatic rings. The standard InChI is InChI=1S/C15H12BrFN2O4/c1-23-14-5-2-9(6-12(14)17)8-18-15(20)10-3-4-11(16)13(7-10)19(21)22/h2-7H,8H2,1H3,(H,18,20). The molecule has 6 nitrogen and oxygen atoms in total. The van der Waals surface area contributed by atoms with Gasteiger partial charge in [-0.05, 0) is 45.8 Å². The summed E-state index contributed by atoms with van der Waals surface area (Å²) in [6.07, 6.45) is 0. The van der Waals surface area contributed by atoms with Crippen molar-refractivity contribution in [1.82, 2.24) is 5.32 Å². The lowest BCUT2D eigenvalue weighted by molar-refractivity contribution is -0.385. The Morgan fingerprint density at radius 2 is 2.09 bits per heavy atom. The molecule has 0 heterocycles. The summed E-state index contributed by atoms with van der Waals surface area (Å²) >= 11 is 3.05. The van der Waals surface area contributed by atoms with Gasteiger partial charge in [0.2, 0.25) is 0 Å². The summed E-state index contributed by atoms with van der Waals surface area (Å²) in [7, 11) is 1.36. The van der Waals surface area contributed by atoms with Crippen LogP contribution >= 0.6 is 15.9 Å². The Morgan fingerprint density at radius 3 is 2.70 bits per heavy atom. The van der Waals surface area contributed by atoms with Gasteiger partial charge in [0.1, 0.15) is 0 Å². The number of nitrogens with zero attached hydrogens (tertiary/aromatic N) is 1. The molecule has 8 heteroatoms. The quantitative estimate of drug-likeness (QED) is 0.634. The van der Waals surface area contributed by atoms with Crippen LogP contribution in [0.25, 0.3) is 0 Å². The van der Waals surface area contributed by atoms with Crippen LogP contribution in [0.15, 0.2) is 40.9 Å². The van der Waals surface area contributed by atoms with Gasteiger partial charge in [0.15, 0.2) is 11.6 Å². The minimum Gasteiger partial charge on any atom is -0.494 e. The molecule has 0 unspecified atom stereocenters. The highest BCUT2D eigenvalue weighted by Gasteiger charge is 2.16. The summed E-state index contributed by atoms with van der Waals surface area (Å²) < 4.78 is 18.7. The van der Waals surface area contributed by atoms with Crippen LogP contribution in [0, 0.1) is 15.9 Å². The SMILES string of the molecule is COc1ccc(CNC(=O)c2ccc(Br)c([N+](=O)[O-])c2)cc1F. The van der Waals surface area contributed by atoms with E-state index in [1.807, 2.05) is 0 Å². The molecule has 1 amide bonds. The molecule has 0 aliphatic rings. The first-order chi connectivity index (χ1) is 10.9. The van der Waals surface area contributed by atoms with E-state index in [2.05, 4.69) is 21.2 Å². The van der Waals surface area contributed by atoms with Crippen molar-refractivity contribution in [2.24, 2.45) is 0 Å². The van der Waals surface area contributed by atoms with Gasteiger partial charge < -0.3 is 10.1 Å². The zero-order valence-corrected chi connectivity index (χ0v) is 13.6. The molecule has 2 aromatic carbocycles. The molecule has 0 bridgehead atoms. The fourth-order valence-electron chi connectivity index (χ4n) is 1.90. The molecule has 1 N–H and O–H groups in total. The summed E-state index contributed by atoms with van der Waals surface area (Å²) in [5, 5.41) is 13.4. The number of hydrogen-bond acceptors (Lipinski definition) is 4. The lowest BCUT2D eigenvalue weighted by atomic mass is 10.1. The Hall–Kier alpha value is -2.48. The van der Waals surface area contributed by atoms with E-state index in [-0.39, 0.29) is 28.0 Å². The second-order valence-corrected chi connectivity index (χ2v) is 5.43. The van der Waals surface area contributed by atoms with E-state index in [4.69, 9.17) is 4.74 Å². The van der Waals surface area contributed by atoms with Crippen LogP contribution < -0.4 is 10.1 Å². The monoisotopic (exact) mass is 382 g/mol. The van der Waals surface area contributed by atoms with Crippen LogP contribution in [0.4, 0.5) is 10.1 Å². The molecule has 0 spiro atoms. The van der Waals surface area contributed by atoms with Crippen LogP contribution in [-0.2, 0) is 6.54 Å². The van der Waals surface area contributed by atoms with Crippen LogP contribution in [0.5, 0.6) is 5.75 Å². The van der Waals surface area contributed by atoms with Crippen LogP contribution in [-0.4, -0.2) is 17.9 Å². The van der Waals surface area contributed by atoms with Gasteiger partial charge in [-0.2, -0.15) is 0 Å². The number of halogens is 2. The highest BCUT2D eigenvalue weighted by atomic mass is 79.9. The smallest absolute Gasteiger partial charge is 0.284 e. The van der Waals surface area contributed by atoms with Gasteiger partial charge in [0.25, 0.3) is 11.6 Å². The molecule has 0 fully saturated rings. The van der Waals surface area contributed by atoms with Crippen molar-refractivity contribution in [3.05, 3.63) is 67.9 Å². The first kappa shape index (κ1) is 16.9. The Labute approximate surface area is 139 Å². The Morgan fingerprint density at radius 1 is 1.35 bits per heavy atom. The van der Waals surface area contributed by atoms with Gasteiger partial charge in [-0.15, -0.1) is 0 Å². The van der Waals surface area contributed by atoms with E-state index < -0.39 is 16.6 Å². The zero-order chi connectivity index (χ0) is 17.0. The van der Waals surface area contributed by atoms with Crippen molar-refractivity contribution in [3.8, 4) is 5.75 Å². The molecular formula is C15H12BrFN2O4. The maximum absolute atomic E-state index is 13.6. The van der Waals surface area contributed by atoms with E-state index in [9.17, 15) is 19.3 Å². The molecule has 0 saturated heterocycles. The predicted molar refractivity (Wildman–Crippen MR) is 84.9 cm³/mol. The maximum Gasteiger partial charge on any atom is 0.284 e. The summed E-state index contributed by atoms with van der Waals surface area (Å²) in [5.74, 6) is -0.904. The summed E-state index contributed by atoms with van der Waals surface area (Å²) in [6, 6.07) is 8.39. The van der Waals surface area contributed by atoms with Gasteiger partial charge in [-0.1, -0.05) is 6.07 Å². The van der Waals surface area contributed by atoms with Gasteiger partial charge in [0, 0.05) is 18.2 Å². The second-order valence-electron chi connectivity index (χ2n) is 4.57. The molecule has 0 atom stereocenters. The summed E-state index contributed by atoms with van der Waals surface area (Å²) in [6.45, 7) is 0.0869. The molecule has 2 rings (SSSR count). The summed E-state index contributed by atoms with van der Waals surface area (Å²) in [4.78, 5) is 22.3. The third-order valence-electron chi connectivity index (χ3n) is 3.07. The van der Waals surface area contributed by atoms with Crippen molar-refractivity contribution >= 4 is 27.5 Å². The van der Waals surface area contributed by atoms with Gasteiger partial charge in [-0.25, -0.2) is 4.39 Å². The third-order valence-corrected chi connectivity index (χ3v) is 3.74. The highest BCUT2D eigenvalue weighted by Crippen LogP contribution is 2.25. The molecule has 0 radical (unpaired) electrons. The number of nitro groups is 1. The Kier molecular flexibility index (Phi) is 5.28. The van der Waals surface area contributed by atoms with Crippen molar-refractivity contribution in [2.75, 3.05) is 7.11 Å². The number of carbonyl (C=O) groups is 1. The fourth-order valence-corrected chi connectivity index (χ4v) is 2.29. The van der Waals surface area contributed by atoms with Crippen molar-refractivity contribution in [2.45, 2.75) is 6.54 Å². The number of ether oxygens (including phenoxy) is 1. The minimum absolute atomic E-state index is 0.0869. The zero-order valence-electron chi connectivity index (χ0n) is 12.0. The number of hydrogen-bond donors (Lipinski definition) is 1. The molecular weight excluding hydrogens is 371 g/mol. The minimum atomic E-state index is -0.584. The number of methoxy groups -OCH3 is 1. The molecule has 0 aromatic heterocycles. The van der Waals surface area contributed by atoms with Crippen LogP contribution in [0.3, 0.4) is 0 Å². The first-order valence-corrected chi connectivity index (χ1v) is 7.26. The predicted octanol–water partition coefficient (Wildman–Crippen LogP) is 3.44. The van der Waals surface area contributed by atoms with Crippen molar-refractivity contribution in [1.29, 1.82) is 0 Å². The average Bonchev–Trinajstić information content (AvgIpc) is 2.52. The molecule has 0 saturated carbocycles. The molecule has 0 aliphatic carbocycles. The molecule has 120 valence electrons. The second kappa shape index (κ2) is 7.19. The van der Waals surface area contributed by atoms with Gasteiger partial charge in [-0.3, -0.25) is 14.9 Å². The number of amides is 1. The Balaban J connectivity index is 2.09. The van der Waals surface area contributed by atoms with E-state index in [0.717, 1.165) is 0 Å². The van der Waals surface area contributed by atoms with Crippen molar-refractivity contribution < 1.29 is 18.8 Å². The number of benzene rings is 2. The summed E-state index contributed by atoms with van der Waals surface area (Å²) in [5.41, 5.74) is 0.491. The lowest BCUT2D eigenvalue weighted by Gasteiger charge is -2.07. The maximum atomic E-state index is 13.6. The van der Waals surface area contributed by atoms with E-state index >= 15 is 0 Å². The topological polar surface area (TPSA) is 81.5 Å². The van der Waals surface area contributed by atoms with Crippen LogP contribution in [0.1, 0.15) is 15.9 Å². The fraction of sp³-hybridized carbons (Fsp3) is 0.133. The largest absolute Gasteiger partial charge is 0.494 e. The van der Waals surface area contributed by atoms with Gasteiger partial charge >= 0.3 is 0 Å². The number of rotatable bonds is 5. The lowest BCUT2D eigenvalue weighted by Crippen LogP contribution is -2.22. The van der Waals surface area contributed by atoms with Gasteiger partial charge in [0.05, 0.1) is 16.5 Å². The van der Waals surface area contributed by atoms with E-state index in [1.54, 1.807) is 6.07 Å². The van der Waals surface area contributed by atoms with Crippen LogP contribution in [0.2, 0.25) is 0 Å². The molecule has 0 aliphatic heterocycles. The Bertz CT molecular complexity index is 767. The normalized spacial score (nSPS) is 10.2. The van der Waals surface area contributed by atoms with E-state index in [1.165, 1.54) is 37.4 Å². The van der Waals surface area contributed by atoms with Crippen molar-refractivity contribution in [3.63, 3.8) is 0 Å². The number of nitro benzene ring substituents is 1. The highest BCUT2D eigenvalue weighted by molar-refractivity contribution is 9.10. The number of nitrogens with one attached hydrogen (secondary N) is 1. The molecule has 23 heavy (non-hydrogen) atoms. The average molecular weight is 383 g/mol. The first-order valence-electron chi connectivity index (χ1n) is 6.47. The van der Waals surface area contributed by atoms with E-state index in [0.29, 0.717) is 5.56 Å². The third kappa shape index (κ3) is 4.04.